The van der Waals surface area contributed by atoms with Crippen LogP contribution in [0.25, 0.3) is 5.76 Å². The van der Waals surface area contributed by atoms with Crippen molar-refractivity contribution in [1.29, 1.82) is 0 Å². The van der Waals surface area contributed by atoms with Gasteiger partial charge in [0.1, 0.15) is 5.76 Å². The number of benzene rings is 1. The second-order valence-corrected chi connectivity index (χ2v) is 7.38. The molecule has 1 amide bonds. The highest BCUT2D eigenvalue weighted by Crippen LogP contribution is 2.40. The van der Waals surface area contributed by atoms with Gasteiger partial charge in [-0.2, -0.15) is 0 Å². The minimum Gasteiger partial charge on any atom is -0.507 e. The molecule has 1 aromatic carbocycles. The number of carbonyl (C=O) groups is 2. The first-order chi connectivity index (χ1) is 14.5. The van der Waals surface area contributed by atoms with Crippen LogP contribution in [0.5, 0.6) is 0 Å². The molecule has 1 aliphatic rings. The molecule has 1 saturated heterocycles. The molecule has 2 aromatic heterocycles. The standard InChI is InChI=1S/C24H21N3O3/c1-15-5-6-16(2)19(12-15)14-27-21(18-4-3-9-26-13-18)20(23(29)24(27)30)22(28)17-7-10-25-11-8-17/h3-13,21,28H,14H2,1-2H3/b22-20+. The van der Waals surface area contributed by atoms with Crippen molar-refractivity contribution in [2.24, 2.45) is 0 Å². The predicted octanol–water partition coefficient (Wildman–Crippen LogP) is 3.72. The number of aliphatic hydroxyl groups excluding tert-OH is 1. The van der Waals surface area contributed by atoms with Crippen molar-refractivity contribution in [3.63, 3.8) is 0 Å². The number of aryl methyl sites for hydroxylation is 2. The smallest absolute Gasteiger partial charge is 0.295 e. The third-order valence-electron chi connectivity index (χ3n) is 5.34. The van der Waals surface area contributed by atoms with Crippen LogP contribution >= 0.6 is 0 Å². The van der Waals surface area contributed by atoms with Crippen LogP contribution in [0, 0.1) is 13.8 Å². The van der Waals surface area contributed by atoms with Crippen LogP contribution < -0.4 is 0 Å². The topological polar surface area (TPSA) is 83.4 Å². The van der Waals surface area contributed by atoms with Gasteiger partial charge in [0.2, 0.25) is 0 Å². The zero-order valence-corrected chi connectivity index (χ0v) is 16.7. The van der Waals surface area contributed by atoms with E-state index in [4.69, 9.17) is 0 Å². The van der Waals surface area contributed by atoms with Gasteiger partial charge in [0, 0.05) is 36.9 Å². The number of carbonyl (C=O) groups excluding carboxylic acids is 2. The largest absolute Gasteiger partial charge is 0.507 e. The summed E-state index contributed by atoms with van der Waals surface area (Å²) < 4.78 is 0. The molecule has 1 fully saturated rings. The summed E-state index contributed by atoms with van der Waals surface area (Å²) in [7, 11) is 0. The summed E-state index contributed by atoms with van der Waals surface area (Å²) in [6.45, 7) is 4.21. The van der Waals surface area contributed by atoms with Gasteiger partial charge in [-0.1, -0.05) is 29.8 Å². The number of rotatable bonds is 4. The molecular formula is C24H21N3O3. The van der Waals surface area contributed by atoms with Crippen LogP contribution in [-0.4, -0.2) is 31.7 Å². The Morgan fingerprint density at radius 2 is 1.80 bits per heavy atom. The third-order valence-corrected chi connectivity index (χ3v) is 5.34. The number of ketones is 1. The third kappa shape index (κ3) is 3.48. The Morgan fingerprint density at radius 1 is 1.03 bits per heavy atom. The van der Waals surface area contributed by atoms with Crippen LogP contribution in [0.3, 0.4) is 0 Å². The van der Waals surface area contributed by atoms with E-state index in [0.717, 1.165) is 16.7 Å². The minimum absolute atomic E-state index is 0.0597. The van der Waals surface area contributed by atoms with E-state index in [1.807, 2.05) is 32.0 Å². The first-order valence-electron chi connectivity index (χ1n) is 9.62. The lowest BCUT2D eigenvalue weighted by Gasteiger charge is -2.26. The fourth-order valence-electron chi connectivity index (χ4n) is 3.75. The van der Waals surface area contributed by atoms with Crippen LogP contribution in [-0.2, 0) is 16.1 Å². The number of aromatic nitrogens is 2. The first-order valence-corrected chi connectivity index (χ1v) is 9.62. The zero-order valence-electron chi connectivity index (χ0n) is 16.7. The maximum absolute atomic E-state index is 13.0. The van der Waals surface area contributed by atoms with Crippen molar-refractivity contribution in [3.8, 4) is 0 Å². The summed E-state index contributed by atoms with van der Waals surface area (Å²) in [5.74, 6) is -1.56. The molecule has 0 aliphatic carbocycles. The quantitative estimate of drug-likeness (QED) is 0.411. The Kier molecular flexibility index (Phi) is 5.14. The van der Waals surface area contributed by atoms with Crippen LogP contribution in [0.4, 0.5) is 0 Å². The molecule has 1 unspecified atom stereocenters. The van der Waals surface area contributed by atoms with E-state index < -0.39 is 17.7 Å². The number of likely N-dealkylation sites (tertiary alicyclic amines) is 1. The maximum Gasteiger partial charge on any atom is 0.295 e. The van der Waals surface area contributed by atoms with Gasteiger partial charge in [-0.25, -0.2) is 0 Å². The van der Waals surface area contributed by atoms with Crippen molar-refractivity contribution in [2.45, 2.75) is 26.4 Å². The molecular weight excluding hydrogens is 378 g/mol. The van der Waals surface area contributed by atoms with Crippen molar-refractivity contribution >= 4 is 17.4 Å². The Balaban J connectivity index is 1.86. The summed E-state index contributed by atoms with van der Waals surface area (Å²) in [5, 5.41) is 11.0. The monoisotopic (exact) mass is 399 g/mol. The van der Waals surface area contributed by atoms with Gasteiger partial charge < -0.3 is 10.0 Å². The van der Waals surface area contributed by atoms with Gasteiger partial charge in [-0.3, -0.25) is 19.6 Å². The molecule has 4 rings (SSSR count). The molecule has 0 spiro atoms. The minimum atomic E-state index is -0.730. The average Bonchev–Trinajstić information content (AvgIpc) is 3.02. The maximum atomic E-state index is 13.0. The number of aliphatic hydroxyl groups is 1. The average molecular weight is 399 g/mol. The molecule has 3 aromatic rings. The first kappa shape index (κ1) is 19.5. The van der Waals surface area contributed by atoms with Crippen molar-refractivity contribution in [3.05, 3.63) is 101 Å². The molecule has 1 N–H and O–H groups in total. The normalized spacial score (nSPS) is 18.1. The molecule has 0 bridgehead atoms. The lowest BCUT2D eigenvalue weighted by molar-refractivity contribution is -0.140. The van der Waals surface area contributed by atoms with Crippen molar-refractivity contribution < 1.29 is 14.7 Å². The van der Waals surface area contributed by atoms with E-state index in [1.54, 1.807) is 36.7 Å². The van der Waals surface area contributed by atoms with Gasteiger partial charge in [-0.05, 0) is 48.7 Å². The number of pyridine rings is 2. The van der Waals surface area contributed by atoms with E-state index in [0.29, 0.717) is 11.1 Å². The summed E-state index contributed by atoms with van der Waals surface area (Å²) >= 11 is 0. The lowest BCUT2D eigenvalue weighted by atomic mass is 9.96. The number of hydrogen-bond donors (Lipinski definition) is 1. The SMILES string of the molecule is Cc1ccc(C)c(CN2C(=O)C(=O)/C(=C(/O)c3ccncc3)C2c2cccnc2)c1. The highest BCUT2D eigenvalue weighted by atomic mass is 16.3. The predicted molar refractivity (Wildman–Crippen MR) is 112 cm³/mol. The highest BCUT2D eigenvalue weighted by molar-refractivity contribution is 6.46. The van der Waals surface area contributed by atoms with Crippen LogP contribution in [0.15, 0.2) is 72.8 Å². The Bertz CT molecular complexity index is 1140. The lowest BCUT2D eigenvalue weighted by Crippen LogP contribution is -2.29. The van der Waals surface area contributed by atoms with Crippen LogP contribution in [0.1, 0.15) is 33.9 Å². The van der Waals surface area contributed by atoms with Gasteiger partial charge in [0.15, 0.2) is 0 Å². The Hall–Kier alpha value is -3.80. The fourth-order valence-corrected chi connectivity index (χ4v) is 3.75. The van der Waals surface area contributed by atoms with Gasteiger partial charge in [0.05, 0.1) is 11.6 Å². The highest BCUT2D eigenvalue weighted by Gasteiger charge is 2.46. The summed E-state index contributed by atoms with van der Waals surface area (Å²) in [6, 6.07) is 12.1. The number of Topliss-reactive ketones (excluding diaryl/α,β-unsaturated/α-hetero) is 1. The number of nitrogens with zero attached hydrogens (tertiary/aromatic N) is 3. The van der Waals surface area contributed by atoms with E-state index in [2.05, 4.69) is 9.97 Å². The van der Waals surface area contributed by atoms with Gasteiger partial charge >= 0.3 is 0 Å². The van der Waals surface area contributed by atoms with Crippen molar-refractivity contribution in [2.75, 3.05) is 0 Å². The second-order valence-electron chi connectivity index (χ2n) is 7.38. The molecule has 150 valence electrons. The summed E-state index contributed by atoms with van der Waals surface area (Å²) in [4.78, 5) is 35.7. The van der Waals surface area contributed by atoms with E-state index in [9.17, 15) is 14.7 Å². The van der Waals surface area contributed by atoms with Crippen molar-refractivity contribution in [1.82, 2.24) is 14.9 Å². The van der Waals surface area contributed by atoms with Gasteiger partial charge in [-0.15, -0.1) is 0 Å². The molecule has 1 aliphatic heterocycles. The van der Waals surface area contributed by atoms with E-state index >= 15 is 0 Å². The van der Waals surface area contributed by atoms with Gasteiger partial charge in [0.25, 0.3) is 11.7 Å². The molecule has 6 nitrogen and oxygen atoms in total. The van der Waals surface area contributed by atoms with E-state index in [-0.39, 0.29) is 17.9 Å². The zero-order chi connectivity index (χ0) is 21.3. The molecule has 3 heterocycles. The van der Waals surface area contributed by atoms with E-state index in [1.165, 1.54) is 17.3 Å². The Morgan fingerprint density at radius 3 is 2.50 bits per heavy atom. The fraction of sp³-hybridized carbons (Fsp3) is 0.167. The summed E-state index contributed by atoms with van der Waals surface area (Å²) in [5.41, 5.74) is 4.21. The number of hydrogen-bond acceptors (Lipinski definition) is 5. The molecule has 0 saturated carbocycles. The van der Waals surface area contributed by atoms with Crippen LogP contribution in [0.2, 0.25) is 0 Å². The number of amides is 1. The summed E-state index contributed by atoms with van der Waals surface area (Å²) in [6.07, 6.45) is 6.30. The second kappa shape index (κ2) is 7.91. The molecule has 30 heavy (non-hydrogen) atoms. The Labute approximate surface area is 174 Å². The molecule has 6 heteroatoms. The molecule has 0 radical (unpaired) electrons. The molecule has 1 atom stereocenters.